The molecule has 0 saturated carbocycles. The predicted octanol–water partition coefficient (Wildman–Crippen LogP) is 1.50. The van der Waals surface area contributed by atoms with E-state index < -0.39 is 0 Å². The lowest BCUT2D eigenvalue weighted by molar-refractivity contribution is 0.320. The number of hydrogen-bond donors (Lipinski definition) is 1. The molecule has 1 fully saturated rings. The standard InChI is InChI=1S/C14H17ClFN5/c15-11-2-1-3-12(16)10(11)4-6-20-8-13(17)14(9-20)21-7-5-18-19-21/h1-3,5,7,13-14H,4,6,8-9,17H2/t13-,14+/m1/s1. The number of halogens is 2. The highest BCUT2D eigenvalue weighted by Crippen LogP contribution is 2.23. The van der Waals surface area contributed by atoms with Crippen LogP contribution in [0.5, 0.6) is 0 Å². The average molecular weight is 310 g/mol. The summed E-state index contributed by atoms with van der Waals surface area (Å²) in [4.78, 5) is 2.21. The van der Waals surface area contributed by atoms with Gasteiger partial charge in [0.2, 0.25) is 0 Å². The Morgan fingerprint density at radius 2 is 2.24 bits per heavy atom. The second-order valence-electron chi connectivity index (χ2n) is 5.32. The summed E-state index contributed by atoms with van der Waals surface area (Å²) in [5.74, 6) is -0.251. The molecule has 0 unspecified atom stereocenters. The average Bonchev–Trinajstić information content (AvgIpc) is 3.07. The van der Waals surface area contributed by atoms with E-state index in [1.54, 1.807) is 23.0 Å². The van der Waals surface area contributed by atoms with Gasteiger partial charge in [0.15, 0.2) is 0 Å². The summed E-state index contributed by atoms with van der Waals surface area (Å²) in [6.07, 6.45) is 4.04. The molecule has 1 aromatic heterocycles. The maximum absolute atomic E-state index is 13.8. The fourth-order valence-corrected chi connectivity index (χ4v) is 3.05. The van der Waals surface area contributed by atoms with Crippen LogP contribution in [0.4, 0.5) is 4.39 Å². The normalized spacial score (nSPS) is 22.8. The zero-order chi connectivity index (χ0) is 14.8. The largest absolute Gasteiger partial charge is 0.325 e. The van der Waals surface area contributed by atoms with E-state index in [0.29, 0.717) is 17.0 Å². The van der Waals surface area contributed by atoms with Gasteiger partial charge in [0.05, 0.1) is 12.2 Å². The highest BCUT2D eigenvalue weighted by atomic mass is 35.5. The summed E-state index contributed by atoms with van der Waals surface area (Å²) in [6.45, 7) is 2.27. The van der Waals surface area contributed by atoms with E-state index in [4.69, 9.17) is 17.3 Å². The molecule has 0 spiro atoms. The Labute approximate surface area is 127 Å². The van der Waals surface area contributed by atoms with Gasteiger partial charge in [0.25, 0.3) is 0 Å². The minimum absolute atomic E-state index is 0.00259. The van der Waals surface area contributed by atoms with Gasteiger partial charge in [-0.1, -0.05) is 22.9 Å². The van der Waals surface area contributed by atoms with Gasteiger partial charge >= 0.3 is 0 Å². The number of likely N-dealkylation sites (tertiary alicyclic amines) is 1. The molecule has 0 amide bonds. The molecule has 0 radical (unpaired) electrons. The molecule has 1 aromatic carbocycles. The van der Waals surface area contributed by atoms with Crippen LogP contribution in [0.1, 0.15) is 11.6 Å². The predicted molar refractivity (Wildman–Crippen MR) is 78.6 cm³/mol. The summed E-state index contributed by atoms with van der Waals surface area (Å²) in [5.41, 5.74) is 6.73. The summed E-state index contributed by atoms with van der Waals surface area (Å²) < 4.78 is 15.5. The topological polar surface area (TPSA) is 60.0 Å². The minimum atomic E-state index is -0.251. The van der Waals surface area contributed by atoms with Crippen molar-refractivity contribution in [1.29, 1.82) is 0 Å². The second kappa shape index (κ2) is 6.09. The SMILES string of the molecule is N[C@@H]1CN(CCc2c(F)cccc2Cl)C[C@@H]1n1ccnn1. The molecule has 112 valence electrons. The minimum Gasteiger partial charge on any atom is -0.325 e. The van der Waals surface area contributed by atoms with Crippen LogP contribution in [-0.2, 0) is 6.42 Å². The van der Waals surface area contributed by atoms with E-state index in [2.05, 4.69) is 15.2 Å². The molecule has 3 rings (SSSR count). The lowest BCUT2D eigenvalue weighted by Gasteiger charge is -2.16. The molecule has 2 N–H and O–H groups in total. The molecule has 1 aliphatic rings. The summed E-state index contributed by atoms with van der Waals surface area (Å²) in [5, 5.41) is 8.30. The fraction of sp³-hybridized carbons (Fsp3) is 0.429. The fourth-order valence-electron chi connectivity index (χ4n) is 2.79. The zero-order valence-corrected chi connectivity index (χ0v) is 12.2. The van der Waals surface area contributed by atoms with Crippen molar-refractivity contribution in [2.45, 2.75) is 18.5 Å². The van der Waals surface area contributed by atoms with E-state index in [0.717, 1.165) is 19.6 Å². The lowest BCUT2D eigenvalue weighted by atomic mass is 10.1. The monoisotopic (exact) mass is 309 g/mol. The van der Waals surface area contributed by atoms with E-state index in [-0.39, 0.29) is 17.9 Å². The number of nitrogens with two attached hydrogens (primary N) is 1. The van der Waals surface area contributed by atoms with Gasteiger partial charge in [-0.05, 0) is 18.6 Å². The maximum Gasteiger partial charge on any atom is 0.127 e. The molecule has 5 nitrogen and oxygen atoms in total. The van der Waals surface area contributed by atoms with E-state index in [1.165, 1.54) is 6.07 Å². The van der Waals surface area contributed by atoms with Crippen molar-refractivity contribution in [1.82, 2.24) is 19.9 Å². The number of aromatic nitrogens is 3. The Kier molecular flexibility index (Phi) is 4.19. The van der Waals surface area contributed by atoms with Gasteiger partial charge in [0, 0.05) is 42.5 Å². The van der Waals surface area contributed by atoms with E-state index >= 15 is 0 Å². The summed E-state index contributed by atoms with van der Waals surface area (Å²) in [6, 6.07) is 4.89. The van der Waals surface area contributed by atoms with E-state index in [1.807, 2.05) is 6.20 Å². The smallest absolute Gasteiger partial charge is 0.127 e. The second-order valence-corrected chi connectivity index (χ2v) is 5.73. The van der Waals surface area contributed by atoms with Crippen LogP contribution in [-0.4, -0.2) is 45.6 Å². The first kappa shape index (κ1) is 14.4. The molecule has 21 heavy (non-hydrogen) atoms. The van der Waals surface area contributed by atoms with Crippen molar-refractivity contribution < 1.29 is 4.39 Å². The molecule has 2 aromatic rings. The third-order valence-electron chi connectivity index (χ3n) is 3.93. The highest BCUT2D eigenvalue weighted by molar-refractivity contribution is 6.31. The van der Waals surface area contributed by atoms with E-state index in [9.17, 15) is 4.39 Å². The zero-order valence-electron chi connectivity index (χ0n) is 11.5. The van der Waals surface area contributed by atoms with Gasteiger partial charge in [0.1, 0.15) is 5.82 Å². The number of hydrogen-bond acceptors (Lipinski definition) is 4. The van der Waals surface area contributed by atoms with Crippen molar-refractivity contribution in [3.8, 4) is 0 Å². The first-order chi connectivity index (χ1) is 10.1. The number of benzene rings is 1. The third kappa shape index (κ3) is 3.07. The van der Waals surface area contributed by atoms with Crippen molar-refractivity contribution in [2.75, 3.05) is 19.6 Å². The molecule has 2 atom stereocenters. The first-order valence-electron chi connectivity index (χ1n) is 6.92. The molecule has 1 aliphatic heterocycles. The van der Waals surface area contributed by atoms with Crippen molar-refractivity contribution in [2.24, 2.45) is 5.73 Å². The Bertz CT molecular complexity index is 583. The Hall–Kier alpha value is -1.50. The first-order valence-corrected chi connectivity index (χ1v) is 7.29. The molecule has 7 heteroatoms. The van der Waals surface area contributed by atoms with Gasteiger partial charge in [-0.15, -0.1) is 5.10 Å². The van der Waals surface area contributed by atoms with Crippen LogP contribution >= 0.6 is 11.6 Å². The van der Waals surface area contributed by atoms with Crippen LogP contribution in [0.15, 0.2) is 30.6 Å². The Morgan fingerprint density at radius 3 is 2.95 bits per heavy atom. The van der Waals surface area contributed by atoms with Gasteiger partial charge in [-0.25, -0.2) is 9.07 Å². The summed E-state index contributed by atoms with van der Waals surface area (Å²) in [7, 11) is 0. The maximum atomic E-state index is 13.8. The number of nitrogens with zero attached hydrogens (tertiary/aromatic N) is 4. The molecule has 0 aliphatic carbocycles. The summed E-state index contributed by atoms with van der Waals surface area (Å²) >= 11 is 6.05. The van der Waals surface area contributed by atoms with Crippen LogP contribution in [0.2, 0.25) is 5.02 Å². The van der Waals surface area contributed by atoms with Crippen LogP contribution < -0.4 is 5.73 Å². The molecular formula is C14H17ClFN5. The van der Waals surface area contributed by atoms with Crippen molar-refractivity contribution in [3.05, 3.63) is 47.0 Å². The molecule has 2 heterocycles. The lowest BCUT2D eigenvalue weighted by Crippen LogP contribution is -2.31. The molecular weight excluding hydrogens is 293 g/mol. The molecule has 1 saturated heterocycles. The van der Waals surface area contributed by atoms with Crippen molar-refractivity contribution in [3.63, 3.8) is 0 Å². The van der Waals surface area contributed by atoms with Crippen LogP contribution in [0, 0.1) is 5.82 Å². The third-order valence-corrected chi connectivity index (χ3v) is 4.28. The van der Waals surface area contributed by atoms with Crippen molar-refractivity contribution >= 4 is 11.6 Å². The number of rotatable bonds is 4. The Balaban J connectivity index is 1.62. The quantitative estimate of drug-likeness (QED) is 0.930. The van der Waals surface area contributed by atoms with Crippen LogP contribution in [0.3, 0.4) is 0 Å². The van der Waals surface area contributed by atoms with Gasteiger partial charge < -0.3 is 5.73 Å². The Morgan fingerprint density at radius 1 is 1.38 bits per heavy atom. The van der Waals surface area contributed by atoms with Gasteiger partial charge in [-0.3, -0.25) is 4.90 Å². The van der Waals surface area contributed by atoms with Gasteiger partial charge in [-0.2, -0.15) is 0 Å². The molecule has 0 bridgehead atoms. The highest BCUT2D eigenvalue weighted by Gasteiger charge is 2.31. The van der Waals surface area contributed by atoms with Crippen LogP contribution in [0.25, 0.3) is 0 Å².